The molecule has 0 heterocycles. The third kappa shape index (κ3) is 3.03. The van der Waals surface area contributed by atoms with Crippen molar-refractivity contribution in [2.24, 2.45) is 0 Å². The van der Waals surface area contributed by atoms with Gasteiger partial charge in [0.05, 0.1) is 7.11 Å². The van der Waals surface area contributed by atoms with Gasteiger partial charge in [0, 0.05) is 23.9 Å². The lowest BCUT2D eigenvalue weighted by atomic mass is 10.2. The van der Waals surface area contributed by atoms with Gasteiger partial charge in [-0.3, -0.25) is 0 Å². The van der Waals surface area contributed by atoms with E-state index in [0.29, 0.717) is 5.69 Å². The smallest absolute Gasteiger partial charge is 0.341 e. The minimum Gasteiger partial charge on any atom is -0.465 e. The third-order valence-corrected chi connectivity index (χ3v) is 2.47. The molecule has 0 aliphatic rings. The SMILES string of the molecule is COC(=O)c1cc(N)ccc1Oc1cc(F)cc(F)c1. The number of anilines is 1. The number of rotatable bonds is 3. The second kappa shape index (κ2) is 5.56. The number of halogens is 2. The molecule has 0 bridgehead atoms. The van der Waals surface area contributed by atoms with Crippen molar-refractivity contribution in [1.29, 1.82) is 0 Å². The first kappa shape index (κ1) is 13.8. The molecule has 2 aromatic carbocycles. The number of methoxy groups -OCH3 is 1. The Morgan fingerprint density at radius 2 is 1.75 bits per heavy atom. The van der Waals surface area contributed by atoms with Crippen LogP contribution in [0, 0.1) is 11.6 Å². The first-order valence-electron chi connectivity index (χ1n) is 5.61. The Bertz CT molecular complexity index is 639. The zero-order valence-electron chi connectivity index (χ0n) is 10.5. The molecule has 2 aromatic rings. The van der Waals surface area contributed by atoms with Crippen LogP contribution < -0.4 is 10.5 Å². The van der Waals surface area contributed by atoms with E-state index in [1.54, 1.807) is 0 Å². The molecule has 0 atom stereocenters. The topological polar surface area (TPSA) is 61.5 Å². The van der Waals surface area contributed by atoms with E-state index >= 15 is 0 Å². The molecule has 0 aliphatic heterocycles. The zero-order valence-corrected chi connectivity index (χ0v) is 10.5. The van der Waals surface area contributed by atoms with Crippen molar-refractivity contribution < 1.29 is 23.0 Å². The van der Waals surface area contributed by atoms with Crippen LogP contribution in [0.4, 0.5) is 14.5 Å². The Hall–Kier alpha value is -2.63. The van der Waals surface area contributed by atoms with Gasteiger partial charge >= 0.3 is 5.97 Å². The summed E-state index contributed by atoms with van der Waals surface area (Å²) in [4.78, 5) is 11.6. The summed E-state index contributed by atoms with van der Waals surface area (Å²) in [5.41, 5.74) is 5.98. The standard InChI is InChI=1S/C14H11F2NO3/c1-19-14(18)12-7-10(17)2-3-13(12)20-11-5-8(15)4-9(16)6-11/h2-7H,17H2,1H3. The largest absolute Gasteiger partial charge is 0.465 e. The molecule has 0 aliphatic carbocycles. The molecule has 0 spiro atoms. The Morgan fingerprint density at radius 1 is 1.10 bits per heavy atom. The van der Waals surface area contributed by atoms with Gasteiger partial charge in [-0.05, 0) is 18.2 Å². The minimum absolute atomic E-state index is 0.0668. The van der Waals surface area contributed by atoms with Crippen LogP contribution in [0.5, 0.6) is 11.5 Å². The summed E-state index contributed by atoms with van der Waals surface area (Å²) in [6.07, 6.45) is 0. The lowest BCUT2D eigenvalue weighted by molar-refractivity contribution is 0.0598. The van der Waals surface area contributed by atoms with Crippen molar-refractivity contribution in [1.82, 2.24) is 0 Å². The van der Waals surface area contributed by atoms with Crippen LogP contribution in [0.25, 0.3) is 0 Å². The average molecular weight is 279 g/mol. The second-order valence-electron chi connectivity index (χ2n) is 3.95. The molecular formula is C14H11F2NO3. The van der Waals surface area contributed by atoms with Gasteiger partial charge in [-0.15, -0.1) is 0 Å². The average Bonchev–Trinajstić information content (AvgIpc) is 2.38. The molecule has 6 heteroatoms. The van der Waals surface area contributed by atoms with E-state index in [0.717, 1.165) is 18.2 Å². The Kier molecular flexibility index (Phi) is 3.84. The lowest BCUT2D eigenvalue weighted by Crippen LogP contribution is -2.05. The second-order valence-corrected chi connectivity index (χ2v) is 3.95. The van der Waals surface area contributed by atoms with Crippen molar-refractivity contribution in [3.05, 3.63) is 53.6 Å². The van der Waals surface area contributed by atoms with Crippen LogP contribution in [0.1, 0.15) is 10.4 Å². The number of esters is 1. The van der Waals surface area contributed by atoms with E-state index in [9.17, 15) is 13.6 Å². The highest BCUT2D eigenvalue weighted by molar-refractivity contribution is 5.93. The summed E-state index contributed by atoms with van der Waals surface area (Å²) in [5.74, 6) is -2.21. The van der Waals surface area contributed by atoms with Gasteiger partial charge in [-0.1, -0.05) is 0 Å². The van der Waals surface area contributed by atoms with Crippen LogP contribution in [0.3, 0.4) is 0 Å². The minimum atomic E-state index is -0.782. The van der Waals surface area contributed by atoms with Crippen LogP contribution in [-0.2, 0) is 4.74 Å². The van der Waals surface area contributed by atoms with Crippen molar-refractivity contribution >= 4 is 11.7 Å². The summed E-state index contributed by atoms with van der Waals surface area (Å²) in [6, 6.07) is 7.00. The van der Waals surface area contributed by atoms with Gasteiger partial charge in [0.2, 0.25) is 0 Å². The normalized spacial score (nSPS) is 10.2. The van der Waals surface area contributed by atoms with E-state index < -0.39 is 17.6 Å². The van der Waals surface area contributed by atoms with E-state index in [1.807, 2.05) is 0 Å². The summed E-state index contributed by atoms with van der Waals surface area (Å²) in [5, 5.41) is 0. The first-order valence-corrected chi connectivity index (χ1v) is 5.61. The maximum absolute atomic E-state index is 13.1. The van der Waals surface area contributed by atoms with E-state index in [-0.39, 0.29) is 17.1 Å². The summed E-state index contributed by atoms with van der Waals surface area (Å²) in [7, 11) is 1.21. The molecule has 0 amide bonds. The maximum Gasteiger partial charge on any atom is 0.341 e. The molecule has 0 saturated carbocycles. The molecule has 0 aromatic heterocycles. The van der Waals surface area contributed by atoms with E-state index in [1.165, 1.54) is 25.3 Å². The molecule has 0 saturated heterocycles. The van der Waals surface area contributed by atoms with Crippen LogP contribution in [0.15, 0.2) is 36.4 Å². The van der Waals surface area contributed by atoms with Gasteiger partial charge in [-0.2, -0.15) is 0 Å². The van der Waals surface area contributed by atoms with Crippen molar-refractivity contribution in [2.75, 3.05) is 12.8 Å². The van der Waals surface area contributed by atoms with Crippen molar-refractivity contribution in [3.63, 3.8) is 0 Å². The van der Waals surface area contributed by atoms with Crippen LogP contribution >= 0.6 is 0 Å². The first-order chi connectivity index (χ1) is 9.49. The third-order valence-electron chi connectivity index (χ3n) is 2.47. The van der Waals surface area contributed by atoms with Crippen LogP contribution in [-0.4, -0.2) is 13.1 Å². The Morgan fingerprint density at radius 3 is 2.35 bits per heavy atom. The predicted octanol–water partition coefficient (Wildman–Crippen LogP) is 3.13. The number of carbonyl (C=O) groups is 1. The molecule has 0 unspecified atom stereocenters. The van der Waals surface area contributed by atoms with Gasteiger partial charge in [-0.25, -0.2) is 13.6 Å². The zero-order chi connectivity index (χ0) is 14.7. The monoisotopic (exact) mass is 279 g/mol. The molecule has 20 heavy (non-hydrogen) atoms. The number of nitrogens with two attached hydrogens (primary N) is 1. The summed E-state index contributed by atoms with van der Waals surface area (Å²) >= 11 is 0. The fraction of sp³-hybridized carbons (Fsp3) is 0.0714. The maximum atomic E-state index is 13.1. The lowest BCUT2D eigenvalue weighted by Gasteiger charge is -2.10. The van der Waals surface area contributed by atoms with Crippen molar-refractivity contribution in [2.45, 2.75) is 0 Å². The molecule has 4 nitrogen and oxygen atoms in total. The van der Waals surface area contributed by atoms with E-state index in [4.69, 9.17) is 10.5 Å². The summed E-state index contributed by atoms with van der Waals surface area (Å²) in [6.45, 7) is 0. The van der Waals surface area contributed by atoms with Crippen molar-refractivity contribution in [3.8, 4) is 11.5 Å². The molecular weight excluding hydrogens is 268 g/mol. The highest BCUT2D eigenvalue weighted by Gasteiger charge is 2.15. The number of carbonyl (C=O) groups excluding carboxylic acids is 1. The summed E-state index contributed by atoms with van der Waals surface area (Å²) < 4.78 is 36.1. The van der Waals surface area contributed by atoms with E-state index in [2.05, 4.69) is 4.74 Å². The highest BCUT2D eigenvalue weighted by atomic mass is 19.1. The van der Waals surface area contributed by atoms with Crippen LogP contribution in [0.2, 0.25) is 0 Å². The molecule has 0 fully saturated rings. The quantitative estimate of drug-likeness (QED) is 0.692. The number of nitrogen functional groups attached to an aromatic ring is 1. The highest BCUT2D eigenvalue weighted by Crippen LogP contribution is 2.28. The van der Waals surface area contributed by atoms with Gasteiger partial charge in [0.15, 0.2) is 0 Å². The number of benzene rings is 2. The molecule has 2 N–H and O–H groups in total. The number of hydrogen-bond donors (Lipinski definition) is 1. The molecule has 104 valence electrons. The predicted molar refractivity (Wildman–Crippen MR) is 68.6 cm³/mol. The Labute approximate surface area is 113 Å². The molecule has 2 rings (SSSR count). The van der Waals surface area contributed by atoms with Gasteiger partial charge < -0.3 is 15.2 Å². The molecule has 0 radical (unpaired) electrons. The number of ether oxygens (including phenoxy) is 2. The van der Waals surface area contributed by atoms with Gasteiger partial charge in [0.1, 0.15) is 28.7 Å². The number of hydrogen-bond acceptors (Lipinski definition) is 4. The Balaban J connectivity index is 2.40. The van der Waals surface area contributed by atoms with Gasteiger partial charge in [0.25, 0.3) is 0 Å². The fourth-order valence-electron chi connectivity index (χ4n) is 1.62. The fourth-order valence-corrected chi connectivity index (χ4v) is 1.62.